The smallest absolute Gasteiger partial charge is 0.306 e. The molecule has 0 aliphatic heterocycles. The SMILES string of the molecule is CCCC(=O)Nc1ccc(C(=O)NNC(=S)NC(=O)CCC(=O)OCC)cc1. The first kappa shape index (κ1) is 23.0. The van der Waals surface area contributed by atoms with Gasteiger partial charge < -0.3 is 15.4 Å². The predicted octanol–water partition coefficient (Wildman–Crippen LogP) is 1.40. The third-order valence-electron chi connectivity index (χ3n) is 3.31. The molecule has 0 aliphatic carbocycles. The van der Waals surface area contributed by atoms with Gasteiger partial charge in [-0.25, -0.2) is 0 Å². The normalized spacial score (nSPS) is 9.79. The van der Waals surface area contributed by atoms with Crippen molar-refractivity contribution < 1.29 is 23.9 Å². The fraction of sp³-hybridized carbons (Fsp3) is 0.389. The van der Waals surface area contributed by atoms with Crippen LogP contribution < -0.4 is 21.5 Å². The molecule has 4 N–H and O–H groups in total. The third-order valence-corrected chi connectivity index (χ3v) is 3.52. The van der Waals surface area contributed by atoms with E-state index in [-0.39, 0.29) is 30.5 Å². The Labute approximate surface area is 168 Å². The van der Waals surface area contributed by atoms with E-state index in [0.717, 1.165) is 6.42 Å². The lowest BCUT2D eigenvalue weighted by Gasteiger charge is -2.11. The molecule has 3 amide bonds. The van der Waals surface area contributed by atoms with E-state index in [1.165, 1.54) is 0 Å². The van der Waals surface area contributed by atoms with Gasteiger partial charge in [0.25, 0.3) is 5.91 Å². The number of thiocarbonyl (C=S) groups is 1. The molecule has 1 aromatic rings. The van der Waals surface area contributed by atoms with Gasteiger partial charge >= 0.3 is 5.97 Å². The number of esters is 1. The summed E-state index contributed by atoms with van der Waals surface area (Å²) in [4.78, 5) is 46.4. The Balaban J connectivity index is 2.38. The molecule has 152 valence electrons. The molecular formula is C18H24N4O5S. The monoisotopic (exact) mass is 408 g/mol. The molecule has 1 rings (SSSR count). The van der Waals surface area contributed by atoms with Gasteiger partial charge in [0.15, 0.2) is 5.11 Å². The topological polar surface area (TPSA) is 126 Å². The van der Waals surface area contributed by atoms with Crippen LogP contribution in [0.4, 0.5) is 5.69 Å². The maximum absolute atomic E-state index is 12.1. The molecule has 28 heavy (non-hydrogen) atoms. The summed E-state index contributed by atoms with van der Waals surface area (Å²) in [6, 6.07) is 6.30. The zero-order chi connectivity index (χ0) is 20.9. The number of hydrazine groups is 1. The molecule has 9 nitrogen and oxygen atoms in total. The second kappa shape index (κ2) is 12.4. The quantitative estimate of drug-likeness (QED) is 0.291. The Hall–Kier alpha value is -3.01. The van der Waals surface area contributed by atoms with Gasteiger partial charge in [-0.1, -0.05) is 6.92 Å². The van der Waals surface area contributed by atoms with E-state index in [1.807, 2.05) is 6.92 Å². The highest BCUT2D eigenvalue weighted by molar-refractivity contribution is 7.80. The first-order valence-corrected chi connectivity index (χ1v) is 9.22. The first-order valence-electron chi connectivity index (χ1n) is 8.81. The van der Waals surface area contributed by atoms with Gasteiger partial charge in [-0.2, -0.15) is 0 Å². The zero-order valence-corrected chi connectivity index (χ0v) is 16.6. The van der Waals surface area contributed by atoms with Gasteiger partial charge in [-0.05, 0) is 49.8 Å². The lowest BCUT2D eigenvalue weighted by molar-refractivity contribution is -0.144. The summed E-state index contributed by atoms with van der Waals surface area (Å²) in [5, 5.41) is 4.95. The molecular weight excluding hydrogens is 384 g/mol. The molecule has 0 saturated heterocycles. The van der Waals surface area contributed by atoms with Crippen molar-refractivity contribution in [2.24, 2.45) is 0 Å². The number of ether oxygens (including phenoxy) is 1. The second-order valence-corrected chi connectivity index (χ2v) is 6.05. The van der Waals surface area contributed by atoms with Crippen LogP contribution in [0.25, 0.3) is 0 Å². The Kier molecular flexibility index (Phi) is 10.2. The van der Waals surface area contributed by atoms with Gasteiger partial charge in [0.05, 0.1) is 13.0 Å². The Bertz CT molecular complexity index is 721. The predicted molar refractivity (Wildman–Crippen MR) is 107 cm³/mol. The van der Waals surface area contributed by atoms with Crippen molar-refractivity contribution in [3.63, 3.8) is 0 Å². The number of hydrogen-bond acceptors (Lipinski definition) is 6. The van der Waals surface area contributed by atoms with E-state index in [2.05, 4.69) is 21.5 Å². The van der Waals surface area contributed by atoms with E-state index < -0.39 is 17.8 Å². The molecule has 10 heteroatoms. The number of anilines is 1. The average molecular weight is 408 g/mol. The van der Waals surface area contributed by atoms with Gasteiger partial charge in [0.2, 0.25) is 11.8 Å². The van der Waals surface area contributed by atoms with Crippen LogP contribution in [0.15, 0.2) is 24.3 Å². The van der Waals surface area contributed by atoms with E-state index in [9.17, 15) is 19.2 Å². The van der Waals surface area contributed by atoms with Crippen molar-refractivity contribution in [3.8, 4) is 0 Å². The summed E-state index contributed by atoms with van der Waals surface area (Å²) < 4.78 is 4.72. The fourth-order valence-corrected chi connectivity index (χ4v) is 2.18. The number of nitrogens with one attached hydrogen (secondary N) is 4. The molecule has 0 unspecified atom stereocenters. The van der Waals surface area contributed by atoms with Crippen LogP contribution in [0.2, 0.25) is 0 Å². The summed E-state index contributed by atoms with van der Waals surface area (Å²) in [6.07, 6.45) is 1.03. The van der Waals surface area contributed by atoms with E-state index in [1.54, 1.807) is 31.2 Å². The largest absolute Gasteiger partial charge is 0.466 e. The third kappa shape index (κ3) is 9.08. The molecule has 0 saturated carbocycles. The molecule has 1 aromatic carbocycles. The second-order valence-electron chi connectivity index (χ2n) is 5.64. The number of rotatable bonds is 8. The first-order chi connectivity index (χ1) is 13.3. The summed E-state index contributed by atoms with van der Waals surface area (Å²) in [5.74, 6) is -1.52. The van der Waals surface area contributed by atoms with Gasteiger partial charge in [0, 0.05) is 24.1 Å². The maximum Gasteiger partial charge on any atom is 0.306 e. The lowest BCUT2D eigenvalue weighted by atomic mass is 10.2. The van der Waals surface area contributed by atoms with Crippen LogP contribution >= 0.6 is 12.2 Å². The molecule has 0 bridgehead atoms. The lowest BCUT2D eigenvalue weighted by Crippen LogP contribution is -2.48. The minimum absolute atomic E-state index is 0.0597. The van der Waals surface area contributed by atoms with Crippen molar-refractivity contribution in [2.75, 3.05) is 11.9 Å². The van der Waals surface area contributed by atoms with Crippen molar-refractivity contribution in [1.29, 1.82) is 0 Å². The number of carbonyl (C=O) groups is 4. The maximum atomic E-state index is 12.1. The number of benzene rings is 1. The van der Waals surface area contributed by atoms with Crippen LogP contribution in [0.5, 0.6) is 0 Å². The van der Waals surface area contributed by atoms with Crippen molar-refractivity contribution >= 4 is 46.7 Å². The minimum Gasteiger partial charge on any atom is -0.466 e. The molecule has 0 aromatic heterocycles. The highest BCUT2D eigenvalue weighted by Crippen LogP contribution is 2.10. The van der Waals surface area contributed by atoms with Crippen LogP contribution in [0, 0.1) is 0 Å². The molecule has 0 spiro atoms. The fourth-order valence-electron chi connectivity index (χ4n) is 2.01. The summed E-state index contributed by atoms with van der Waals surface area (Å²) >= 11 is 4.90. The summed E-state index contributed by atoms with van der Waals surface area (Å²) in [7, 11) is 0. The van der Waals surface area contributed by atoms with Crippen molar-refractivity contribution in [2.45, 2.75) is 39.5 Å². The van der Waals surface area contributed by atoms with Crippen LogP contribution in [-0.4, -0.2) is 35.4 Å². The highest BCUT2D eigenvalue weighted by Gasteiger charge is 2.10. The highest BCUT2D eigenvalue weighted by atomic mass is 32.1. The van der Waals surface area contributed by atoms with E-state index in [4.69, 9.17) is 17.0 Å². The number of amides is 3. The Morgan fingerprint density at radius 3 is 2.21 bits per heavy atom. The Morgan fingerprint density at radius 1 is 0.929 bits per heavy atom. The number of carbonyl (C=O) groups excluding carboxylic acids is 4. The van der Waals surface area contributed by atoms with Crippen LogP contribution in [0.3, 0.4) is 0 Å². The van der Waals surface area contributed by atoms with E-state index >= 15 is 0 Å². The summed E-state index contributed by atoms with van der Waals surface area (Å²) in [6.45, 7) is 3.83. The molecule has 0 radical (unpaired) electrons. The van der Waals surface area contributed by atoms with Gasteiger partial charge in [-0.15, -0.1) is 0 Å². The zero-order valence-electron chi connectivity index (χ0n) is 15.8. The van der Waals surface area contributed by atoms with Crippen LogP contribution in [-0.2, 0) is 19.1 Å². The Morgan fingerprint density at radius 2 is 1.61 bits per heavy atom. The van der Waals surface area contributed by atoms with Crippen molar-refractivity contribution in [3.05, 3.63) is 29.8 Å². The summed E-state index contributed by atoms with van der Waals surface area (Å²) in [5.41, 5.74) is 5.67. The van der Waals surface area contributed by atoms with E-state index in [0.29, 0.717) is 17.7 Å². The molecule has 0 heterocycles. The van der Waals surface area contributed by atoms with Gasteiger partial charge in [0.1, 0.15) is 0 Å². The van der Waals surface area contributed by atoms with Crippen molar-refractivity contribution in [1.82, 2.24) is 16.2 Å². The number of hydrogen-bond donors (Lipinski definition) is 4. The average Bonchev–Trinajstić information content (AvgIpc) is 2.65. The molecule has 0 aliphatic rings. The minimum atomic E-state index is -0.480. The van der Waals surface area contributed by atoms with Crippen LogP contribution in [0.1, 0.15) is 49.9 Å². The molecule has 0 fully saturated rings. The standard InChI is InChI=1S/C18H24N4O5S/c1-3-5-14(23)19-13-8-6-12(7-9-13)17(26)21-22-18(28)20-15(24)10-11-16(25)27-4-2/h6-9H,3-5,10-11H2,1-2H3,(H,19,23)(H,21,26)(H2,20,22,24,28). The van der Waals surface area contributed by atoms with Gasteiger partial charge in [-0.3, -0.25) is 30.0 Å². The molecule has 0 atom stereocenters.